The van der Waals surface area contributed by atoms with E-state index in [4.69, 9.17) is 0 Å². The summed E-state index contributed by atoms with van der Waals surface area (Å²) in [7, 11) is 0. The maximum Gasteiger partial charge on any atom is 0.159 e. The van der Waals surface area contributed by atoms with E-state index >= 15 is 0 Å². The molecule has 4 heteroatoms. The lowest BCUT2D eigenvalue weighted by Crippen LogP contribution is -2.13. The van der Waals surface area contributed by atoms with E-state index < -0.39 is 11.6 Å². The van der Waals surface area contributed by atoms with E-state index in [1.54, 1.807) is 0 Å². The molecule has 1 aromatic carbocycles. The van der Waals surface area contributed by atoms with Gasteiger partial charge in [-0.05, 0) is 17.7 Å². The average Bonchev–Trinajstić information content (AvgIpc) is 2.57. The highest BCUT2D eigenvalue weighted by Crippen LogP contribution is 2.22. The van der Waals surface area contributed by atoms with Gasteiger partial charge in [0.2, 0.25) is 0 Å². The molecule has 0 unspecified atom stereocenters. The first-order chi connectivity index (χ1) is 6.66. The lowest BCUT2D eigenvalue weighted by molar-refractivity contribution is -0.116. The van der Waals surface area contributed by atoms with Gasteiger partial charge in [0.1, 0.15) is 5.78 Å². The highest BCUT2D eigenvalue weighted by atomic mass is 19.2. The van der Waals surface area contributed by atoms with Gasteiger partial charge < -0.3 is 5.32 Å². The molecule has 0 bridgehead atoms. The Balaban J connectivity index is 2.24. The first kappa shape index (κ1) is 9.27. The highest BCUT2D eigenvalue weighted by Gasteiger charge is 2.23. The van der Waals surface area contributed by atoms with Crippen LogP contribution in [0.2, 0.25) is 0 Å². The molecule has 0 aromatic heterocycles. The summed E-state index contributed by atoms with van der Waals surface area (Å²) in [4.78, 5) is 10.9. The fraction of sp³-hybridized carbons (Fsp3) is 0.300. The molecule has 0 aliphatic carbocycles. The molecule has 0 spiro atoms. The van der Waals surface area contributed by atoms with Crippen LogP contribution in [0, 0.1) is 11.6 Å². The van der Waals surface area contributed by atoms with Crippen LogP contribution >= 0.6 is 0 Å². The number of hydrogen-bond donors (Lipinski definition) is 1. The van der Waals surface area contributed by atoms with Gasteiger partial charge in [-0.2, -0.15) is 0 Å². The Morgan fingerprint density at radius 2 is 2.07 bits per heavy atom. The van der Waals surface area contributed by atoms with Crippen molar-refractivity contribution in [1.29, 1.82) is 0 Å². The summed E-state index contributed by atoms with van der Waals surface area (Å²) in [5, 5.41) is 2.93. The number of hydrogen-bond acceptors (Lipinski definition) is 2. The molecule has 2 nitrogen and oxygen atoms in total. The monoisotopic (exact) mass is 197 g/mol. The summed E-state index contributed by atoms with van der Waals surface area (Å²) in [5.41, 5.74) is 0.620. The molecule has 14 heavy (non-hydrogen) atoms. The number of rotatable bonds is 1. The second kappa shape index (κ2) is 3.46. The molecular formula is C10H9F2NO. The van der Waals surface area contributed by atoms with E-state index in [9.17, 15) is 13.6 Å². The van der Waals surface area contributed by atoms with Crippen LogP contribution in [0.15, 0.2) is 18.2 Å². The van der Waals surface area contributed by atoms with Gasteiger partial charge in [0, 0.05) is 12.5 Å². The van der Waals surface area contributed by atoms with Crippen molar-refractivity contribution in [2.45, 2.75) is 12.5 Å². The van der Waals surface area contributed by atoms with Gasteiger partial charge >= 0.3 is 0 Å². The summed E-state index contributed by atoms with van der Waals surface area (Å²) >= 11 is 0. The van der Waals surface area contributed by atoms with E-state index in [0.29, 0.717) is 18.5 Å². The normalized spacial score (nSPS) is 21.6. The van der Waals surface area contributed by atoms with E-state index in [0.717, 1.165) is 12.1 Å². The molecule has 1 aromatic rings. The van der Waals surface area contributed by atoms with Crippen LogP contribution in [0.1, 0.15) is 18.0 Å². The number of halogens is 2. The maximum atomic E-state index is 12.8. The topological polar surface area (TPSA) is 29.1 Å². The number of carbonyl (C=O) groups excluding carboxylic acids is 1. The van der Waals surface area contributed by atoms with E-state index in [1.165, 1.54) is 6.07 Å². The molecule has 0 amide bonds. The first-order valence-electron chi connectivity index (χ1n) is 4.37. The van der Waals surface area contributed by atoms with Crippen LogP contribution in [-0.2, 0) is 4.79 Å². The molecule has 74 valence electrons. The van der Waals surface area contributed by atoms with Gasteiger partial charge in [0.05, 0.1) is 6.54 Å². The Labute approximate surface area is 79.9 Å². The van der Waals surface area contributed by atoms with Crippen LogP contribution in [0.4, 0.5) is 8.78 Å². The van der Waals surface area contributed by atoms with Crippen molar-refractivity contribution >= 4 is 5.78 Å². The van der Waals surface area contributed by atoms with Crippen LogP contribution in [0.5, 0.6) is 0 Å². The molecule has 1 aliphatic heterocycles. The molecule has 1 N–H and O–H groups in total. The standard InChI is InChI=1S/C10H9F2NO/c11-8-2-1-6(3-9(8)12)10-4-7(14)5-13-10/h1-3,10,13H,4-5H2/t10-/m1/s1. The van der Waals surface area contributed by atoms with Crippen LogP contribution in [-0.4, -0.2) is 12.3 Å². The van der Waals surface area contributed by atoms with E-state index in [2.05, 4.69) is 5.32 Å². The van der Waals surface area contributed by atoms with Gasteiger partial charge in [-0.3, -0.25) is 4.79 Å². The smallest absolute Gasteiger partial charge is 0.159 e. The van der Waals surface area contributed by atoms with Gasteiger partial charge in [0.15, 0.2) is 11.6 Å². The van der Waals surface area contributed by atoms with Gasteiger partial charge in [-0.25, -0.2) is 8.78 Å². The largest absolute Gasteiger partial charge is 0.303 e. The van der Waals surface area contributed by atoms with Gasteiger partial charge in [-0.1, -0.05) is 6.07 Å². The molecular weight excluding hydrogens is 188 g/mol. The number of carbonyl (C=O) groups is 1. The zero-order valence-corrected chi connectivity index (χ0v) is 7.39. The highest BCUT2D eigenvalue weighted by molar-refractivity contribution is 5.83. The third-order valence-corrected chi connectivity index (χ3v) is 2.32. The molecule has 2 rings (SSSR count). The lowest BCUT2D eigenvalue weighted by atomic mass is 10.1. The van der Waals surface area contributed by atoms with Crippen molar-refractivity contribution in [3.63, 3.8) is 0 Å². The third-order valence-electron chi connectivity index (χ3n) is 2.32. The Hall–Kier alpha value is -1.29. The number of benzene rings is 1. The molecule has 1 saturated heterocycles. The van der Waals surface area contributed by atoms with Crippen LogP contribution < -0.4 is 5.32 Å². The van der Waals surface area contributed by atoms with Crippen LogP contribution in [0.3, 0.4) is 0 Å². The van der Waals surface area contributed by atoms with Crippen molar-refractivity contribution in [2.75, 3.05) is 6.54 Å². The van der Waals surface area contributed by atoms with Crippen LogP contribution in [0.25, 0.3) is 0 Å². The number of nitrogens with one attached hydrogen (secondary N) is 1. The molecule has 1 atom stereocenters. The minimum absolute atomic E-state index is 0.0970. The summed E-state index contributed by atoms with van der Waals surface area (Å²) in [6.45, 7) is 0.309. The van der Waals surface area contributed by atoms with Crippen molar-refractivity contribution < 1.29 is 13.6 Å². The van der Waals surface area contributed by atoms with E-state index in [-0.39, 0.29) is 11.8 Å². The molecule has 1 aliphatic rings. The Morgan fingerprint density at radius 3 is 2.64 bits per heavy atom. The van der Waals surface area contributed by atoms with Crippen molar-refractivity contribution in [3.05, 3.63) is 35.4 Å². The predicted octanol–water partition coefficient (Wildman–Crippen LogP) is 1.57. The quantitative estimate of drug-likeness (QED) is 0.740. The fourth-order valence-electron chi connectivity index (χ4n) is 1.57. The summed E-state index contributed by atoms with van der Waals surface area (Å²) < 4.78 is 25.4. The second-order valence-corrected chi connectivity index (χ2v) is 3.35. The molecule has 1 heterocycles. The zero-order valence-electron chi connectivity index (χ0n) is 7.39. The predicted molar refractivity (Wildman–Crippen MR) is 46.7 cm³/mol. The van der Waals surface area contributed by atoms with Crippen molar-refractivity contribution in [2.24, 2.45) is 0 Å². The number of Topliss-reactive ketones (excluding diaryl/α,β-unsaturated/α-hetero) is 1. The fourth-order valence-corrected chi connectivity index (χ4v) is 1.57. The molecule has 0 radical (unpaired) electrons. The Kier molecular flexibility index (Phi) is 2.29. The van der Waals surface area contributed by atoms with Crippen molar-refractivity contribution in [1.82, 2.24) is 5.32 Å². The number of ketones is 1. The third kappa shape index (κ3) is 1.65. The Morgan fingerprint density at radius 1 is 1.29 bits per heavy atom. The maximum absolute atomic E-state index is 12.8. The summed E-state index contributed by atoms with van der Waals surface area (Å²) in [5.74, 6) is -1.64. The molecule has 1 fully saturated rings. The summed E-state index contributed by atoms with van der Waals surface area (Å²) in [6.07, 6.45) is 0.352. The SMILES string of the molecule is O=C1CN[C@@H](c2ccc(F)c(F)c2)C1. The van der Waals surface area contributed by atoms with Gasteiger partial charge in [0.25, 0.3) is 0 Å². The second-order valence-electron chi connectivity index (χ2n) is 3.35. The minimum Gasteiger partial charge on any atom is -0.303 e. The molecule has 0 saturated carbocycles. The minimum atomic E-state index is -0.872. The summed E-state index contributed by atoms with van der Waals surface area (Å²) in [6, 6.07) is 3.53. The van der Waals surface area contributed by atoms with E-state index in [1.807, 2.05) is 0 Å². The zero-order chi connectivity index (χ0) is 10.1. The van der Waals surface area contributed by atoms with Gasteiger partial charge in [-0.15, -0.1) is 0 Å². The average molecular weight is 197 g/mol. The Bertz CT molecular complexity index is 378. The first-order valence-corrected chi connectivity index (χ1v) is 4.37. The lowest BCUT2D eigenvalue weighted by Gasteiger charge is -2.09. The van der Waals surface area contributed by atoms with Crippen molar-refractivity contribution in [3.8, 4) is 0 Å².